The van der Waals surface area contributed by atoms with Gasteiger partial charge < -0.3 is 5.32 Å². The van der Waals surface area contributed by atoms with Gasteiger partial charge in [-0.1, -0.05) is 6.92 Å². The van der Waals surface area contributed by atoms with Crippen LogP contribution in [0.15, 0.2) is 6.07 Å². The molecule has 0 spiro atoms. The van der Waals surface area contributed by atoms with Gasteiger partial charge in [-0.3, -0.25) is 9.80 Å². The van der Waals surface area contributed by atoms with Crippen molar-refractivity contribution in [3.63, 3.8) is 0 Å². The second-order valence-electron chi connectivity index (χ2n) is 5.52. The van der Waals surface area contributed by atoms with Gasteiger partial charge in [-0.15, -0.1) is 0 Å². The van der Waals surface area contributed by atoms with Crippen LogP contribution in [0.2, 0.25) is 0 Å². The zero-order chi connectivity index (χ0) is 13.2. The molecule has 1 unspecified atom stereocenters. The van der Waals surface area contributed by atoms with Gasteiger partial charge in [0, 0.05) is 57.1 Å². The predicted molar refractivity (Wildman–Crippen MR) is 76.4 cm³/mol. The lowest BCUT2D eigenvalue weighted by molar-refractivity contribution is 0.0189. The second kappa shape index (κ2) is 5.43. The van der Waals surface area contributed by atoms with Gasteiger partial charge in [0.2, 0.25) is 0 Å². The normalized spacial score (nSPS) is 29.5. The molecule has 104 valence electrons. The Kier molecular flexibility index (Phi) is 3.66. The third kappa shape index (κ3) is 2.87. The lowest BCUT2D eigenvalue weighted by Crippen LogP contribution is -2.62. The summed E-state index contributed by atoms with van der Waals surface area (Å²) < 4.78 is 0. The molecule has 3 saturated heterocycles. The summed E-state index contributed by atoms with van der Waals surface area (Å²) in [5.74, 6) is 1.83. The molecule has 1 atom stereocenters. The summed E-state index contributed by atoms with van der Waals surface area (Å²) in [5.41, 5.74) is 1.12. The zero-order valence-electron chi connectivity index (χ0n) is 11.9. The van der Waals surface area contributed by atoms with Crippen LogP contribution in [0, 0.1) is 6.92 Å². The summed E-state index contributed by atoms with van der Waals surface area (Å²) in [6.45, 7) is 11.2. The van der Waals surface area contributed by atoms with Crippen molar-refractivity contribution in [1.29, 1.82) is 0 Å². The first kappa shape index (κ1) is 12.8. The number of anilines is 1. The number of piperazine rings is 3. The average Bonchev–Trinajstić information content (AvgIpc) is 2.46. The van der Waals surface area contributed by atoms with E-state index in [0.29, 0.717) is 6.04 Å². The molecule has 2 bridgehead atoms. The number of aromatic nitrogens is 2. The van der Waals surface area contributed by atoms with E-state index in [1.807, 2.05) is 6.92 Å². The van der Waals surface area contributed by atoms with Gasteiger partial charge in [-0.25, -0.2) is 9.97 Å². The number of fused-ring (bicyclic) bond motifs is 3. The molecule has 1 aromatic rings. The fraction of sp³-hybridized carbons (Fsp3) is 0.714. The van der Waals surface area contributed by atoms with Crippen molar-refractivity contribution < 1.29 is 0 Å². The maximum Gasteiger partial charge on any atom is 0.129 e. The smallest absolute Gasteiger partial charge is 0.129 e. The summed E-state index contributed by atoms with van der Waals surface area (Å²) in [4.78, 5) is 14.1. The molecule has 3 aliphatic heterocycles. The molecular formula is C14H23N5. The summed E-state index contributed by atoms with van der Waals surface area (Å²) in [6.07, 6.45) is 0.960. The minimum absolute atomic E-state index is 0.628. The molecule has 4 heterocycles. The van der Waals surface area contributed by atoms with Crippen molar-refractivity contribution >= 4 is 5.82 Å². The van der Waals surface area contributed by atoms with Crippen LogP contribution < -0.4 is 5.32 Å². The molecule has 1 N–H and O–H groups in total. The highest BCUT2D eigenvalue weighted by molar-refractivity contribution is 5.36. The number of hydrogen-bond acceptors (Lipinski definition) is 5. The molecule has 3 aliphatic rings. The first-order chi connectivity index (χ1) is 9.24. The summed E-state index contributed by atoms with van der Waals surface area (Å²) in [7, 11) is 0. The van der Waals surface area contributed by atoms with Gasteiger partial charge in [-0.2, -0.15) is 0 Å². The van der Waals surface area contributed by atoms with E-state index in [2.05, 4.69) is 38.1 Å². The van der Waals surface area contributed by atoms with E-state index in [-0.39, 0.29) is 0 Å². The third-order valence-corrected chi connectivity index (χ3v) is 4.16. The van der Waals surface area contributed by atoms with Gasteiger partial charge in [0.1, 0.15) is 11.6 Å². The van der Waals surface area contributed by atoms with Crippen LogP contribution in [-0.2, 0) is 6.42 Å². The molecule has 1 aromatic heterocycles. The molecule has 0 aliphatic carbocycles. The van der Waals surface area contributed by atoms with Crippen LogP contribution in [0.25, 0.3) is 0 Å². The first-order valence-electron chi connectivity index (χ1n) is 7.29. The largest absolute Gasteiger partial charge is 0.368 e. The molecule has 0 aromatic carbocycles. The Morgan fingerprint density at radius 2 is 2.05 bits per heavy atom. The van der Waals surface area contributed by atoms with Crippen molar-refractivity contribution in [3.05, 3.63) is 17.6 Å². The van der Waals surface area contributed by atoms with Crippen LogP contribution in [0.5, 0.6) is 0 Å². The van der Waals surface area contributed by atoms with E-state index >= 15 is 0 Å². The van der Waals surface area contributed by atoms with Crippen molar-refractivity contribution in [3.8, 4) is 0 Å². The summed E-state index contributed by atoms with van der Waals surface area (Å²) in [5, 5.41) is 3.50. The average molecular weight is 261 g/mol. The molecular weight excluding hydrogens is 238 g/mol. The van der Waals surface area contributed by atoms with Crippen LogP contribution >= 0.6 is 0 Å². The van der Waals surface area contributed by atoms with Gasteiger partial charge in [0.15, 0.2) is 0 Å². The molecule has 3 fully saturated rings. The second-order valence-corrected chi connectivity index (χ2v) is 5.52. The SMILES string of the molecule is CCc1cc(NCC2CN3CCN2CC3)nc(C)n1. The quantitative estimate of drug-likeness (QED) is 0.867. The van der Waals surface area contributed by atoms with E-state index in [9.17, 15) is 0 Å². The van der Waals surface area contributed by atoms with E-state index < -0.39 is 0 Å². The van der Waals surface area contributed by atoms with E-state index in [1.54, 1.807) is 0 Å². The van der Waals surface area contributed by atoms with Gasteiger partial charge in [0.25, 0.3) is 0 Å². The highest BCUT2D eigenvalue weighted by atomic mass is 15.3. The molecule has 0 amide bonds. The fourth-order valence-corrected chi connectivity index (χ4v) is 3.04. The van der Waals surface area contributed by atoms with Gasteiger partial charge in [0.05, 0.1) is 0 Å². The first-order valence-corrected chi connectivity index (χ1v) is 7.29. The number of hydrogen-bond donors (Lipinski definition) is 1. The van der Waals surface area contributed by atoms with Gasteiger partial charge in [-0.05, 0) is 13.3 Å². The van der Waals surface area contributed by atoms with Crippen LogP contribution in [-0.4, -0.2) is 65.1 Å². The van der Waals surface area contributed by atoms with Crippen molar-refractivity contribution in [2.75, 3.05) is 44.6 Å². The van der Waals surface area contributed by atoms with E-state index in [4.69, 9.17) is 0 Å². The Hall–Kier alpha value is -1.20. The van der Waals surface area contributed by atoms with Crippen LogP contribution in [0.4, 0.5) is 5.82 Å². The van der Waals surface area contributed by atoms with Crippen LogP contribution in [0.3, 0.4) is 0 Å². The monoisotopic (exact) mass is 261 g/mol. The Morgan fingerprint density at radius 3 is 2.68 bits per heavy atom. The standard InChI is InChI=1S/C14H23N5/c1-3-12-8-14(17-11(2)16-12)15-9-13-10-18-4-6-19(13)7-5-18/h8,13H,3-7,9-10H2,1-2H3,(H,15,16,17). The maximum absolute atomic E-state index is 4.47. The molecule has 4 rings (SSSR count). The Morgan fingerprint density at radius 1 is 1.26 bits per heavy atom. The molecule has 0 radical (unpaired) electrons. The number of nitrogens with zero attached hydrogens (tertiary/aromatic N) is 4. The molecule has 0 saturated carbocycles. The lowest BCUT2D eigenvalue weighted by atomic mass is 10.1. The third-order valence-electron chi connectivity index (χ3n) is 4.16. The Balaban J connectivity index is 1.61. The topological polar surface area (TPSA) is 44.3 Å². The molecule has 5 nitrogen and oxygen atoms in total. The number of rotatable bonds is 4. The van der Waals surface area contributed by atoms with Gasteiger partial charge >= 0.3 is 0 Å². The minimum atomic E-state index is 0.628. The fourth-order valence-electron chi connectivity index (χ4n) is 3.04. The highest BCUT2D eigenvalue weighted by Crippen LogP contribution is 2.16. The van der Waals surface area contributed by atoms with Crippen molar-refractivity contribution in [2.24, 2.45) is 0 Å². The minimum Gasteiger partial charge on any atom is -0.368 e. The van der Waals surface area contributed by atoms with Crippen molar-refractivity contribution in [1.82, 2.24) is 19.8 Å². The van der Waals surface area contributed by atoms with E-state index in [0.717, 1.165) is 30.3 Å². The maximum atomic E-state index is 4.47. The summed E-state index contributed by atoms with van der Waals surface area (Å²) >= 11 is 0. The Labute approximate surface area is 115 Å². The summed E-state index contributed by atoms with van der Waals surface area (Å²) in [6, 6.07) is 2.70. The Bertz CT molecular complexity index is 439. The lowest BCUT2D eigenvalue weighted by Gasteiger charge is -2.47. The highest BCUT2D eigenvalue weighted by Gasteiger charge is 2.31. The number of aryl methyl sites for hydroxylation is 2. The predicted octanol–water partition coefficient (Wildman–Crippen LogP) is 0.759. The number of nitrogens with one attached hydrogen (secondary N) is 1. The zero-order valence-corrected chi connectivity index (χ0v) is 11.9. The van der Waals surface area contributed by atoms with E-state index in [1.165, 1.54) is 32.7 Å². The molecule has 5 heteroatoms. The van der Waals surface area contributed by atoms with Crippen molar-refractivity contribution in [2.45, 2.75) is 26.3 Å². The van der Waals surface area contributed by atoms with Crippen LogP contribution in [0.1, 0.15) is 18.4 Å². The molecule has 19 heavy (non-hydrogen) atoms.